The Morgan fingerprint density at radius 1 is 1.56 bits per heavy atom. The summed E-state index contributed by atoms with van der Waals surface area (Å²) in [5, 5.41) is 18.1. The van der Waals surface area contributed by atoms with Gasteiger partial charge < -0.3 is 15.1 Å². The molecule has 0 aliphatic heterocycles. The summed E-state index contributed by atoms with van der Waals surface area (Å²) in [6.07, 6.45) is -0.486. The molecule has 0 fully saturated rings. The number of carboxylic acid groups (broad SMARTS) is 1. The predicted molar refractivity (Wildman–Crippen MR) is 60.9 cm³/mol. The first-order valence-electron chi connectivity index (χ1n) is 5.01. The van der Waals surface area contributed by atoms with Crippen LogP contribution in [0.4, 0.5) is 5.82 Å². The summed E-state index contributed by atoms with van der Waals surface area (Å²) in [5.41, 5.74) is 0.854. The van der Waals surface area contributed by atoms with E-state index in [4.69, 9.17) is 5.11 Å². The zero-order valence-electron chi connectivity index (χ0n) is 9.64. The van der Waals surface area contributed by atoms with Crippen molar-refractivity contribution in [2.24, 2.45) is 0 Å². The minimum Gasteiger partial charge on any atom is -0.478 e. The summed E-state index contributed by atoms with van der Waals surface area (Å²) in [5.74, 6) is -0.421. The number of aromatic nitrogens is 1. The van der Waals surface area contributed by atoms with Crippen LogP contribution in [0.2, 0.25) is 0 Å². The predicted octanol–water partition coefficient (Wildman–Crippen LogP) is 0.905. The molecule has 16 heavy (non-hydrogen) atoms. The summed E-state index contributed by atoms with van der Waals surface area (Å²) in [6, 6.07) is 3.01. The second-order valence-electron chi connectivity index (χ2n) is 3.89. The molecule has 0 aliphatic rings. The molecule has 1 unspecified atom stereocenters. The summed E-state index contributed by atoms with van der Waals surface area (Å²) >= 11 is 0. The Bertz CT molecular complexity index is 391. The standard InChI is InChI=1S/C11H16N2O3/c1-7-4-9(11(15)16)5-10(12-7)13(3)6-8(2)14/h4-5,8,14H,6H2,1-3H3,(H,15,16). The Morgan fingerprint density at radius 3 is 2.69 bits per heavy atom. The Hall–Kier alpha value is -1.62. The van der Waals surface area contributed by atoms with Crippen LogP contribution in [0.15, 0.2) is 12.1 Å². The van der Waals surface area contributed by atoms with E-state index in [1.807, 2.05) is 0 Å². The smallest absolute Gasteiger partial charge is 0.335 e. The molecule has 0 saturated carbocycles. The molecule has 0 spiro atoms. The SMILES string of the molecule is Cc1cc(C(=O)O)cc(N(C)CC(C)O)n1. The summed E-state index contributed by atoms with van der Waals surface area (Å²) in [7, 11) is 1.76. The number of hydrogen-bond donors (Lipinski definition) is 2. The highest BCUT2D eigenvalue weighted by Gasteiger charge is 2.10. The normalized spacial score (nSPS) is 12.2. The Balaban J connectivity index is 3.00. The van der Waals surface area contributed by atoms with Gasteiger partial charge in [0.15, 0.2) is 0 Å². The molecule has 1 rings (SSSR count). The molecule has 0 amide bonds. The molecule has 0 bridgehead atoms. The zero-order chi connectivity index (χ0) is 12.3. The van der Waals surface area contributed by atoms with Crippen molar-refractivity contribution in [2.45, 2.75) is 20.0 Å². The van der Waals surface area contributed by atoms with Crippen LogP contribution in [0.5, 0.6) is 0 Å². The van der Waals surface area contributed by atoms with Gasteiger partial charge in [0.1, 0.15) is 5.82 Å². The van der Waals surface area contributed by atoms with Crippen molar-refractivity contribution in [2.75, 3.05) is 18.5 Å². The molecule has 0 radical (unpaired) electrons. The first-order valence-corrected chi connectivity index (χ1v) is 5.01. The fourth-order valence-corrected chi connectivity index (χ4v) is 1.46. The minimum absolute atomic E-state index is 0.208. The number of anilines is 1. The van der Waals surface area contributed by atoms with Gasteiger partial charge in [0.2, 0.25) is 0 Å². The van der Waals surface area contributed by atoms with Gasteiger partial charge in [-0.05, 0) is 26.0 Å². The fraction of sp³-hybridized carbons (Fsp3) is 0.455. The van der Waals surface area contributed by atoms with Gasteiger partial charge in [0.05, 0.1) is 11.7 Å². The monoisotopic (exact) mass is 224 g/mol. The fourth-order valence-electron chi connectivity index (χ4n) is 1.46. The van der Waals surface area contributed by atoms with E-state index in [0.717, 1.165) is 0 Å². The van der Waals surface area contributed by atoms with E-state index in [-0.39, 0.29) is 5.56 Å². The number of aliphatic hydroxyl groups excluding tert-OH is 1. The number of aryl methyl sites for hydroxylation is 1. The van der Waals surface area contributed by atoms with Crippen molar-refractivity contribution >= 4 is 11.8 Å². The van der Waals surface area contributed by atoms with E-state index in [1.165, 1.54) is 12.1 Å². The van der Waals surface area contributed by atoms with Gasteiger partial charge in [-0.2, -0.15) is 0 Å². The molecule has 0 aromatic carbocycles. The second-order valence-corrected chi connectivity index (χ2v) is 3.89. The van der Waals surface area contributed by atoms with Gasteiger partial charge in [0.25, 0.3) is 0 Å². The molecule has 5 heteroatoms. The molecular weight excluding hydrogens is 208 g/mol. The van der Waals surface area contributed by atoms with Crippen LogP contribution in [0.3, 0.4) is 0 Å². The topological polar surface area (TPSA) is 73.7 Å². The van der Waals surface area contributed by atoms with Crippen LogP contribution < -0.4 is 4.90 Å². The maximum absolute atomic E-state index is 10.9. The maximum Gasteiger partial charge on any atom is 0.335 e. The third-order valence-electron chi connectivity index (χ3n) is 2.12. The Kier molecular flexibility index (Phi) is 3.84. The molecule has 0 saturated heterocycles. The van der Waals surface area contributed by atoms with Crippen molar-refractivity contribution in [3.63, 3.8) is 0 Å². The number of aromatic carboxylic acids is 1. The number of pyridine rings is 1. The van der Waals surface area contributed by atoms with Crippen molar-refractivity contribution in [3.05, 3.63) is 23.4 Å². The Morgan fingerprint density at radius 2 is 2.19 bits per heavy atom. The lowest BCUT2D eigenvalue weighted by Gasteiger charge is -2.20. The molecular formula is C11H16N2O3. The van der Waals surface area contributed by atoms with E-state index >= 15 is 0 Å². The highest BCUT2D eigenvalue weighted by atomic mass is 16.4. The number of aliphatic hydroxyl groups is 1. The largest absolute Gasteiger partial charge is 0.478 e. The number of nitrogens with zero attached hydrogens (tertiary/aromatic N) is 2. The van der Waals surface area contributed by atoms with E-state index in [1.54, 1.807) is 25.8 Å². The van der Waals surface area contributed by atoms with Gasteiger partial charge >= 0.3 is 5.97 Å². The number of carboxylic acids is 1. The van der Waals surface area contributed by atoms with Crippen molar-refractivity contribution in [1.29, 1.82) is 0 Å². The third kappa shape index (κ3) is 3.20. The van der Waals surface area contributed by atoms with Gasteiger partial charge in [-0.25, -0.2) is 9.78 Å². The quantitative estimate of drug-likeness (QED) is 0.795. The van der Waals surface area contributed by atoms with Crippen molar-refractivity contribution in [3.8, 4) is 0 Å². The number of likely N-dealkylation sites (N-methyl/N-ethyl adjacent to an activating group) is 1. The van der Waals surface area contributed by atoms with Gasteiger partial charge in [-0.15, -0.1) is 0 Å². The lowest BCUT2D eigenvalue weighted by Crippen LogP contribution is -2.28. The molecule has 0 aliphatic carbocycles. The summed E-state index contributed by atoms with van der Waals surface area (Å²) in [6.45, 7) is 3.83. The van der Waals surface area contributed by atoms with Crippen LogP contribution in [-0.2, 0) is 0 Å². The minimum atomic E-state index is -0.975. The van der Waals surface area contributed by atoms with Crippen LogP contribution >= 0.6 is 0 Å². The average molecular weight is 224 g/mol. The third-order valence-corrected chi connectivity index (χ3v) is 2.12. The van der Waals surface area contributed by atoms with Gasteiger partial charge in [-0.3, -0.25) is 0 Å². The van der Waals surface area contributed by atoms with Crippen molar-refractivity contribution < 1.29 is 15.0 Å². The lowest BCUT2D eigenvalue weighted by atomic mass is 10.2. The Labute approximate surface area is 94.4 Å². The first kappa shape index (κ1) is 12.4. The molecule has 1 heterocycles. The summed E-state index contributed by atoms with van der Waals surface area (Å²) in [4.78, 5) is 16.8. The summed E-state index contributed by atoms with van der Waals surface area (Å²) < 4.78 is 0. The molecule has 88 valence electrons. The first-order chi connectivity index (χ1) is 7.40. The van der Waals surface area contributed by atoms with Crippen molar-refractivity contribution in [1.82, 2.24) is 4.98 Å². The van der Waals surface area contributed by atoms with E-state index in [2.05, 4.69) is 4.98 Å². The van der Waals surface area contributed by atoms with E-state index in [0.29, 0.717) is 18.1 Å². The average Bonchev–Trinajstić information content (AvgIpc) is 2.15. The number of rotatable bonds is 4. The van der Waals surface area contributed by atoms with Crippen LogP contribution in [0.25, 0.3) is 0 Å². The molecule has 5 nitrogen and oxygen atoms in total. The molecule has 2 N–H and O–H groups in total. The number of carbonyl (C=O) groups is 1. The van der Waals surface area contributed by atoms with Gasteiger partial charge in [0, 0.05) is 19.3 Å². The van der Waals surface area contributed by atoms with Crippen LogP contribution in [0, 0.1) is 6.92 Å². The highest BCUT2D eigenvalue weighted by Crippen LogP contribution is 2.14. The molecule has 1 atom stereocenters. The lowest BCUT2D eigenvalue weighted by molar-refractivity contribution is 0.0696. The maximum atomic E-state index is 10.9. The van der Waals surface area contributed by atoms with E-state index in [9.17, 15) is 9.90 Å². The van der Waals surface area contributed by atoms with Crippen LogP contribution in [0.1, 0.15) is 23.0 Å². The zero-order valence-corrected chi connectivity index (χ0v) is 9.64. The molecule has 1 aromatic heterocycles. The van der Waals surface area contributed by atoms with Gasteiger partial charge in [-0.1, -0.05) is 0 Å². The second kappa shape index (κ2) is 4.94. The van der Waals surface area contributed by atoms with E-state index < -0.39 is 12.1 Å². The molecule has 1 aromatic rings. The van der Waals surface area contributed by atoms with Crippen LogP contribution in [-0.4, -0.2) is 40.9 Å². The number of hydrogen-bond acceptors (Lipinski definition) is 4. The highest BCUT2D eigenvalue weighted by molar-refractivity contribution is 5.88.